The lowest BCUT2D eigenvalue weighted by Gasteiger charge is -2.17. The Morgan fingerprint density at radius 1 is 0.667 bits per heavy atom. The van der Waals surface area contributed by atoms with Crippen LogP contribution in [-0.4, -0.2) is 23.3 Å². The Balaban J connectivity index is 1.58. The molecule has 10 nitrogen and oxygen atoms in total. The molecule has 0 amide bonds. The van der Waals surface area contributed by atoms with Crippen LogP contribution >= 0.6 is 0 Å². The molecular weight excluding hydrogens is 384 g/mol. The fourth-order valence-electron chi connectivity index (χ4n) is 3.40. The molecule has 2 aliphatic heterocycles. The van der Waals surface area contributed by atoms with Crippen LogP contribution in [0.2, 0.25) is 0 Å². The van der Waals surface area contributed by atoms with Gasteiger partial charge in [0.2, 0.25) is 11.9 Å². The Kier molecular flexibility index (Phi) is 5.21. The molecule has 4 rings (SSSR count). The summed E-state index contributed by atoms with van der Waals surface area (Å²) < 4.78 is 11.9. The molecule has 154 valence electrons. The maximum atomic E-state index is 5.96. The second-order valence-electron chi connectivity index (χ2n) is 6.87. The normalized spacial score (nSPS) is 19.1. The minimum absolute atomic E-state index is 0.137. The molecule has 2 atom stereocenters. The van der Waals surface area contributed by atoms with E-state index in [0.29, 0.717) is 24.3 Å². The lowest BCUT2D eigenvalue weighted by Crippen LogP contribution is -2.24. The number of nitrogens with zero attached hydrogens (tertiary/aromatic N) is 4. The predicted molar refractivity (Wildman–Crippen MR) is 115 cm³/mol. The molecule has 0 saturated heterocycles. The highest BCUT2D eigenvalue weighted by Crippen LogP contribution is 2.36. The summed E-state index contributed by atoms with van der Waals surface area (Å²) in [6, 6.07) is 15.4. The average molecular weight is 406 g/mol. The van der Waals surface area contributed by atoms with Crippen LogP contribution in [0, 0.1) is 0 Å². The van der Waals surface area contributed by atoms with Crippen LogP contribution in [0.3, 0.4) is 0 Å². The Hall–Kier alpha value is -4.08. The SMILES string of the molecule is NC(N)=NN=C(CCC(=NN=C(N)N)C1Oc2cccc1c2)C1Oc2cccc1c2. The molecule has 10 heteroatoms. The molecule has 30 heavy (non-hydrogen) atoms. The number of rotatable bonds is 7. The Morgan fingerprint density at radius 3 is 1.47 bits per heavy atom. The molecule has 0 fully saturated rings. The van der Waals surface area contributed by atoms with Gasteiger partial charge in [-0.05, 0) is 37.1 Å². The molecule has 0 aliphatic carbocycles. The highest BCUT2D eigenvalue weighted by molar-refractivity contribution is 5.98. The van der Waals surface area contributed by atoms with Gasteiger partial charge in [0.05, 0.1) is 11.4 Å². The van der Waals surface area contributed by atoms with Crippen LogP contribution in [0.4, 0.5) is 0 Å². The summed E-state index contributed by atoms with van der Waals surface area (Å²) in [5.41, 5.74) is 25.1. The molecule has 2 aromatic rings. The van der Waals surface area contributed by atoms with Crippen LogP contribution in [-0.2, 0) is 0 Å². The van der Waals surface area contributed by atoms with Crippen molar-refractivity contribution in [1.82, 2.24) is 0 Å². The van der Waals surface area contributed by atoms with E-state index in [9.17, 15) is 0 Å². The van der Waals surface area contributed by atoms with Gasteiger partial charge >= 0.3 is 0 Å². The van der Waals surface area contributed by atoms with E-state index in [1.165, 1.54) is 0 Å². The summed E-state index contributed by atoms with van der Waals surface area (Å²) in [6.45, 7) is 0. The number of ether oxygens (including phenoxy) is 2. The molecular formula is C20H22N8O2. The second kappa shape index (κ2) is 8.11. The van der Waals surface area contributed by atoms with Crippen molar-refractivity contribution in [3.63, 3.8) is 0 Å². The largest absolute Gasteiger partial charge is 0.480 e. The molecule has 0 saturated carbocycles. The van der Waals surface area contributed by atoms with E-state index in [4.69, 9.17) is 32.4 Å². The van der Waals surface area contributed by atoms with Gasteiger partial charge in [-0.2, -0.15) is 10.2 Å². The monoisotopic (exact) mass is 406 g/mol. The minimum Gasteiger partial charge on any atom is -0.480 e. The van der Waals surface area contributed by atoms with Gasteiger partial charge in [-0.1, -0.05) is 24.3 Å². The lowest BCUT2D eigenvalue weighted by molar-refractivity contribution is 0.287. The van der Waals surface area contributed by atoms with Gasteiger partial charge in [0, 0.05) is 11.1 Å². The molecule has 0 spiro atoms. The molecule has 2 heterocycles. The van der Waals surface area contributed by atoms with Crippen LogP contribution in [0.5, 0.6) is 11.5 Å². The smallest absolute Gasteiger partial charge is 0.211 e. The third kappa shape index (κ3) is 4.17. The molecule has 8 N–H and O–H groups in total. The quantitative estimate of drug-likeness (QED) is 0.306. The summed E-state index contributed by atoms with van der Waals surface area (Å²) in [6.07, 6.45) is 0.143. The molecule has 0 radical (unpaired) electrons. The first-order valence-electron chi connectivity index (χ1n) is 9.33. The maximum Gasteiger partial charge on any atom is 0.211 e. The van der Waals surface area contributed by atoms with E-state index in [2.05, 4.69) is 20.4 Å². The number of hydrogen-bond donors (Lipinski definition) is 4. The van der Waals surface area contributed by atoms with Crippen molar-refractivity contribution in [2.75, 3.05) is 0 Å². The number of hydrogen-bond acceptors (Lipinski definition) is 6. The van der Waals surface area contributed by atoms with E-state index in [0.717, 1.165) is 22.6 Å². The molecule has 4 bridgehead atoms. The Labute approximate surface area is 173 Å². The van der Waals surface area contributed by atoms with Crippen molar-refractivity contribution in [3.8, 4) is 11.5 Å². The summed E-state index contributed by atoms with van der Waals surface area (Å²) in [4.78, 5) is 0. The third-order valence-electron chi connectivity index (χ3n) is 4.66. The first-order valence-corrected chi connectivity index (χ1v) is 9.33. The van der Waals surface area contributed by atoms with Crippen molar-refractivity contribution >= 4 is 23.3 Å². The topological polar surface area (TPSA) is 172 Å². The van der Waals surface area contributed by atoms with Crippen LogP contribution in [0.1, 0.15) is 36.2 Å². The van der Waals surface area contributed by atoms with Gasteiger partial charge in [-0.25, -0.2) is 0 Å². The molecule has 0 aromatic heterocycles. The zero-order valence-corrected chi connectivity index (χ0v) is 16.1. The number of nitrogens with two attached hydrogens (primary N) is 4. The van der Waals surface area contributed by atoms with Crippen LogP contribution in [0.15, 0.2) is 68.9 Å². The van der Waals surface area contributed by atoms with Crippen molar-refractivity contribution in [3.05, 3.63) is 59.7 Å². The van der Waals surface area contributed by atoms with Gasteiger partial charge < -0.3 is 32.4 Å². The van der Waals surface area contributed by atoms with Gasteiger partial charge in [0.1, 0.15) is 11.5 Å². The van der Waals surface area contributed by atoms with Crippen molar-refractivity contribution in [2.24, 2.45) is 43.3 Å². The highest BCUT2D eigenvalue weighted by atomic mass is 16.5. The van der Waals surface area contributed by atoms with E-state index in [-0.39, 0.29) is 24.1 Å². The standard InChI is InChI=1S/C20H22N8O2/c21-19(22)27-25-15(17-11-3-1-5-13(9-11)29-17)7-8-16(26-28-20(23)24)18-12-4-2-6-14(10-12)30-18/h1-6,9-10,17-18H,7-8H2,(H4,21,22,27)(H4,23,24,28). The van der Waals surface area contributed by atoms with Crippen LogP contribution in [0.25, 0.3) is 0 Å². The molecule has 2 aromatic carbocycles. The zero-order valence-electron chi connectivity index (χ0n) is 16.1. The molecule has 2 aliphatic rings. The van der Waals surface area contributed by atoms with Gasteiger partial charge in [0.15, 0.2) is 12.2 Å². The van der Waals surface area contributed by atoms with E-state index >= 15 is 0 Å². The Morgan fingerprint density at radius 2 is 1.10 bits per heavy atom. The lowest BCUT2D eigenvalue weighted by atomic mass is 9.98. The average Bonchev–Trinajstić information content (AvgIpc) is 3.17. The number of fused-ring (bicyclic) bond motifs is 4. The maximum absolute atomic E-state index is 5.96. The second-order valence-corrected chi connectivity index (χ2v) is 6.87. The zero-order chi connectivity index (χ0) is 21.1. The van der Waals surface area contributed by atoms with E-state index in [1.807, 2.05) is 48.5 Å². The third-order valence-corrected chi connectivity index (χ3v) is 4.66. The van der Waals surface area contributed by atoms with Crippen molar-refractivity contribution in [1.29, 1.82) is 0 Å². The fraction of sp³-hybridized carbons (Fsp3) is 0.200. The summed E-state index contributed by atoms with van der Waals surface area (Å²) >= 11 is 0. The summed E-state index contributed by atoms with van der Waals surface area (Å²) in [7, 11) is 0. The molecule has 2 unspecified atom stereocenters. The van der Waals surface area contributed by atoms with Crippen molar-refractivity contribution in [2.45, 2.75) is 25.0 Å². The Bertz CT molecular complexity index is 982. The van der Waals surface area contributed by atoms with E-state index < -0.39 is 0 Å². The minimum atomic E-state index is -0.382. The first kappa shape index (κ1) is 19.2. The summed E-state index contributed by atoms with van der Waals surface area (Å²) in [5.74, 6) is 1.25. The first-order chi connectivity index (χ1) is 14.5. The predicted octanol–water partition coefficient (Wildman–Crippen LogP) is 1.29. The highest BCUT2D eigenvalue weighted by Gasteiger charge is 2.30. The number of benzene rings is 2. The van der Waals surface area contributed by atoms with E-state index in [1.54, 1.807) is 0 Å². The van der Waals surface area contributed by atoms with Crippen LogP contribution < -0.4 is 32.4 Å². The summed E-state index contributed by atoms with van der Waals surface area (Å²) in [5, 5.41) is 16.1. The number of guanidine groups is 2. The van der Waals surface area contributed by atoms with Gasteiger partial charge in [0.25, 0.3) is 0 Å². The van der Waals surface area contributed by atoms with Crippen molar-refractivity contribution < 1.29 is 9.47 Å². The fourth-order valence-corrected chi connectivity index (χ4v) is 3.40. The van der Waals surface area contributed by atoms with Gasteiger partial charge in [-0.3, -0.25) is 0 Å². The van der Waals surface area contributed by atoms with Gasteiger partial charge in [-0.15, -0.1) is 10.2 Å².